The molecular formula is C20H20N2O3. The molecule has 0 spiro atoms. The summed E-state index contributed by atoms with van der Waals surface area (Å²) >= 11 is 0. The van der Waals surface area contributed by atoms with Crippen LogP contribution in [0.2, 0.25) is 0 Å². The Hall–Kier alpha value is -3.08. The Morgan fingerprint density at radius 1 is 1.20 bits per heavy atom. The lowest BCUT2D eigenvalue weighted by atomic mass is 10.1. The SMILES string of the molecule is CC(C)N1C(=O)COc2ccc(NC(=O)/C=C/c3ccccc3)cc21. The highest BCUT2D eigenvalue weighted by molar-refractivity contribution is 6.03. The van der Waals surface area contributed by atoms with Gasteiger partial charge < -0.3 is 15.0 Å². The van der Waals surface area contributed by atoms with Crippen molar-refractivity contribution >= 4 is 29.3 Å². The number of ether oxygens (including phenoxy) is 1. The van der Waals surface area contributed by atoms with Crippen molar-refractivity contribution in [2.45, 2.75) is 19.9 Å². The van der Waals surface area contributed by atoms with E-state index < -0.39 is 0 Å². The molecule has 5 nitrogen and oxygen atoms in total. The lowest BCUT2D eigenvalue weighted by Crippen LogP contribution is -2.43. The van der Waals surface area contributed by atoms with Gasteiger partial charge in [0.2, 0.25) is 5.91 Å². The standard InChI is InChI=1S/C20H20N2O3/c1-14(2)22-17-12-16(9-10-18(17)25-13-20(22)24)21-19(23)11-8-15-6-4-3-5-7-15/h3-12,14H,13H2,1-2H3,(H,21,23)/b11-8+. The van der Waals surface area contributed by atoms with Crippen molar-refractivity contribution in [1.29, 1.82) is 0 Å². The van der Waals surface area contributed by atoms with E-state index >= 15 is 0 Å². The Kier molecular flexibility index (Phi) is 4.84. The highest BCUT2D eigenvalue weighted by Crippen LogP contribution is 2.35. The summed E-state index contributed by atoms with van der Waals surface area (Å²) in [4.78, 5) is 25.9. The number of anilines is 2. The summed E-state index contributed by atoms with van der Waals surface area (Å²) in [7, 11) is 0. The third-order valence-electron chi connectivity index (χ3n) is 3.85. The van der Waals surface area contributed by atoms with Crippen LogP contribution in [0.3, 0.4) is 0 Å². The van der Waals surface area contributed by atoms with Crippen molar-refractivity contribution in [3.63, 3.8) is 0 Å². The van der Waals surface area contributed by atoms with Crippen molar-refractivity contribution in [2.24, 2.45) is 0 Å². The number of fused-ring (bicyclic) bond motifs is 1. The molecule has 0 unspecified atom stereocenters. The largest absolute Gasteiger partial charge is 0.482 e. The van der Waals surface area contributed by atoms with Crippen LogP contribution in [0, 0.1) is 0 Å². The molecule has 25 heavy (non-hydrogen) atoms. The fourth-order valence-electron chi connectivity index (χ4n) is 2.73. The van der Waals surface area contributed by atoms with Gasteiger partial charge in [0, 0.05) is 17.8 Å². The van der Waals surface area contributed by atoms with Gasteiger partial charge in [-0.05, 0) is 43.7 Å². The minimum absolute atomic E-state index is 0.0130. The molecule has 2 aromatic rings. The van der Waals surface area contributed by atoms with Crippen LogP contribution in [0.5, 0.6) is 5.75 Å². The van der Waals surface area contributed by atoms with Gasteiger partial charge in [-0.15, -0.1) is 0 Å². The maximum atomic E-state index is 12.1. The van der Waals surface area contributed by atoms with Crippen molar-refractivity contribution in [3.05, 3.63) is 60.2 Å². The van der Waals surface area contributed by atoms with Crippen LogP contribution in [-0.4, -0.2) is 24.5 Å². The number of hydrogen-bond donors (Lipinski definition) is 1. The molecule has 2 aromatic carbocycles. The predicted molar refractivity (Wildman–Crippen MR) is 98.7 cm³/mol. The Balaban J connectivity index is 1.77. The molecule has 0 aromatic heterocycles. The quantitative estimate of drug-likeness (QED) is 0.870. The molecule has 0 aliphatic carbocycles. The van der Waals surface area contributed by atoms with E-state index in [9.17, 15) is 9.59 Å². The fraction of sp³-hybridized carbons (Fsp3) is 0.200. The molecule has 0 saturated carbocycles. The molecule has 0 fully saturated rings. The van der Waals surface area contributed by atoms with E-state index in [2.05, 4.69) is 5.32 Å². The van der Waals surface area contributed by atoms with Gasteiger partial charge in [-0.3, -0.25) is 9.59 Å². The summed E-state index contributed by atoms with van der Waals surface area (Å²) in [6.45, 7) is 3.93. The van der Waals surface area contributed by atoms with E-state index in [1.807, 2.05) is 44.2 Å². The molecule has 1 N–H and O–H groups in total. The monoisotopic (exact) mass is 336 g/mol. The Morgan fingerprint density at radius 3 is 2.68 bits per heavy atom. The van der Waals surface area contributed by atoms with Crippen LogP contribution in [-0.2, 0) is 9.59 Å². The number of hydrogen-bond acceptors (Lipinski definition) is 3. The van der Waals surface area contributed by atoms with E-state index in [0.29, 0.717) is 17.1 Å². The third-order valence-corrected chi connectivity index (χ3v) is 3.85. The lowest BCUT2D eigenvalue weighted by Gasteiger charge is -2.32. The smallest absolute Gasteiger partial charge is 0.265 e. The van der Waals surface area contributed by atoms with Crippen LogP contribution in [0.25, 0.3) is 6.08 Å². The molecule has 0 saturated heterocycles. The maximum Gasteiger partial charge on any atom is 0.265 e. The van der Waals surface area contributed by atoms with Crippen LogP contribution >= 0.6 is 0 Å². The van der Waals surface area contributed by atoms with E-state index in [1.165, 1.54) is 6.08 Å². The van der Waals surface area contributed by atoms with E-state index in [-0.39, 0.29) is 24.5 Å². The van der Waals surface area contributed by atoms with Gasteiger partial charge in [0.25, 0.3) is 5.91 Å². The second-order valence-corrected chi connectivity index (χ2v) is 6.06. The van der Waals surface area contributed by atoms with Crippen molar-refractivity contribution in [2.75, 3.05) is 16.8 Å². The number of amides is 2. The highest BCUT2D eigenvalue weighted by Gasteiger charge is 2.27. The summed E-state index contributed by atoms with van der Waals surface area (Å²) < 4.78 is 5.46. The maximum absolute atomic E-state index is 12.1. The molecule has 0 bridgehead atoms. The first-order chi connectivity index (χ1) is 12.0. The molecule has 128 valence electrons. The first-order valence-electron chi connectivity index (χ1n) is 8.17. The number of nitrogens with zero attached hydrogens (tertiary/aromatic N) is 1. The van der Waals surface area contributed by atoms with Crippen LogP contribution in [0.4, 0.5) is 11.4 Å². The minimum Gasteiger partial charge on any atom is -0.482 e. The van der Waals surface area contributed by atoms with Gasteiger partial charge >= 0.3 is 0 Å². The fourth-order valence-corrected chi connectivity index (χ4v) is 2.73. The summed E-state index contributed by atoms with van der Waals surface area (Å²) in [6, 6.07) is 14.9. The number of carbonyl (C=O) groups excluding carboxylic acids is 2. The van der Waals surface area contributed by atoms with Crippen molar-refractivity contribution in [3.8, 4) is 5.75 Å². The van der Waals surface area contributed by atoms with Gasteiger partial charge in [-0.1, -0.05) is 30.3 Å². The van der Waals surface area contributed by atoms with Gasteiger partial charge in [0.15, 0.2) is 6.61 Å². The summed E-state index contributed by atoms with van der Waals surface area (Å²) in [5.41, 5.74) is 2.24. The molecular weight excluding hydrogens is 316 g/mol. The second kappa shape index (κ2) is 7.21. The zero-order chi connectivity index (χ0) is 17.8. The third kappa shape index (κ3) is 3.88. The first-order valence-corrected chi connectivity index (χ1v) is 8.17. The van der Waals surface area contributed by atoms with Crippen LogP contribution < -0.4 is 15.0 Å². The zero-order valence-corrected chi connectivity index (χ0v) is 14.2. The van der Waals surface area contributed by atoms with Crippen molar-refractivity contribution < 1.29 is 14.3 Å². The Morgan fingerprint density at radius 2 is 1.96 bits per heavy atom. The minimum atomic E-state index is -0.233. The average molecular weight is 336 g/mol. The van der Waals surface area contributed by atoms with Gasteiger partial charge in [-0.2, -0.15) is 0 Å². The summed E-state index contributed by atoms with van der Waals surface area (Å²) in [5.74, 6) is 0.323. The number of benzene rings is 2. The second-order valence-electron chi connectivity index (χ2n) is 6.06. The average Bonchev–Trinajstić information content (AvgIpc) is 2.60. The molecule has 0 atom stereocenters. The Bertz CT molecular complexity index is 813. The van der Waals surface area contributed by atoms with Gasteiger partial charge in [0.1, 0.15) is 5.75 Å². The van der Waals surface area contributed by atoms with E-state index in [1.54, 1.807) is 29.2 Å². The number of carbonyl (C=O) groups is 2. The molecule has 0 radical (unpaired) electrons. The summed E-state index contributed by atoms with van der Waals surface area (Å²) in [5, 5.41) is 2.82. The summed E-state index contributed by atoms with van der Waals surface area (Å²) in [6.07, 6.45) is 3.23. The van der Waals surface area contributed by atoms with Crippen molar-refractivity contribution in [1.82, 2.24) is 0 Å². The number of nitrogens with one attached hydrogen (secondary N) is 1. The molecule has 2 amide bonds. The number of rotatable bonds is 4. The first kappa shape index (κ1) is 16.8. The van der Waals surface area contributed by atoms with E-state index in [4.69, 9.17) is 4.74 Å². The highest BCUT2D eigenvalue weighted by atomic mass is 16.5. The normalized spacial score (nSPS) is 13.7. The van der Waals surface area contributed by atoms with Crippen LogP contribution in [0.15, 0.2) is 54.6 Å². The molecule has 1 aliphatic heterocycles. The van der Waals surface area contributed by atoms with Gasteiger partial charge in [0.05, 0.1) is 5.69 Å². The predicted octanol–water partition coefficient (Wildman–Crippen LogP) is 3.47. The molecule has 1 aliphatic rings. The van der Waals surface area contributed by atoms with Gasteiger partial charge in [-0.25, -0.2) is 0 Å². The zero-order valence-electron chi connectivity index (χ0n) is 14.2. The van der Waals surface area contributed by atoms with Crippen LogP contribution in [0.1, 0.15) is 19.4 Å². The topological polar surface area (TPSA) is 58.6 Å². The molecule has 5 heteroatoms. The Labute approximate surface area is 146 Å². The molecule has 3 rings (SSSR count). The van der Waals surface area contributed by atoms with E-state index in [0.717, 1.165) is 5.56 Å². The lowest BCUT2D eigenvalue weighted by molar-refractivity contribution is -0.121. The molecule has 1 heterocycles.